The van der Waals surface area contributed by atoms with Crippen LogP contribution in [0.5, 0.6) is 0 Å². The topological polar surface area (TPSA) is 51.0 Å². The van der Waals surface area contributed by atoms with Crippen LogP contribution in [0, 0.1) is 5.92 Å². The summed E-state index contributed by atoms with van der Waals surface area (Å²) in [5.74, 6) is 2.94. The molecule has 19 heavy (non-hydrogen) atoms. The molecule has 2 unspecified atom stereocenters. The molecule has 0 bridgehead atoms. The molecule has 2 atom stereocenters. The summed E-state index contributed by atoms with van der Waals surface area (Å²) in [5, 5.41) is 7.43. The van der Waals surface area contributed by atoms with E-state index in [1.807, 2.05) is 18.2 Å². The molecule has 0 saturated heterocycles. The molecule has 1 aliphatic rings. The summed E-state index contributed by atoms with van der Waals surface area (Å²) in [6.45, 7) is 3.14. The van der Waals surface area contributed by atoms with Crippen LogP contribution in [0.15, 0.2) is 34.9 Å². The number of hydrogen-bond donors (Lipinski definition) is 1. The molecule has 1 fully saturated rings. The first-order chi connectivity index (χ1) is 9.33. The smallest absolute Gasteiger partial charge is 0.226 e. The Morgan fingerprint density at radius 3 is 2.84 bits per heavy atom. The summed E-state index contributed by atoms with van der Waals surface area (Å²) < 4.78 is 5.28. The van der Waals surface area contributed by atoms with E-state index in [1.165, 1.54) is 6.42 Å². The van der Waals surface area contributed by atoms with Crippen LogP contribution in [-0.4, -0.2) is 16.7 Å². The molecule has 4 nitrogen and oxygen atoms in total. The van der Waals surface area contributed by atoms with Crippen molar-refractivity contribution in [1.82, 2.24) is 10.1 Å². The largest absolute Gasteiger partial charge is 0.385 e. The average Bonchev–Trinajstić information content (AvgIpc) is 2.99. The van der Waals surface area contributed by atoms with Gasteiger partial charge >= 0.3 is 0 Å². The first-order valence-corrected chi connectivity index (χ1v) is 6.94. The quantitative estimate of drug-likeness (QED) is 0.807. The number of rotatable bonds is 6. The van der Waals surface area contributed by atoms with Gasteiger partial charge < -0.3 is 9.84 Å². The van der Waals surface area contributed by atoms with Crippen molar-refractivity contribution in [3.63, 3.8) is 0 Å². The van der Waals surface area contributed by atoms with Crippen LogP contribution < -0.4 is 5.32 Å². The highest BCUT2D eigenvalue weighted by atomic mass is 16.5. The van der Waals surface area contributed by atoms with Gasteiger partial charge in [0.05, 0.1) is 0 Å². The lowest BCUT2D eigenvalue weighted by molar-refractivity contribution is 0.371. The lowest BCUT2D eigenvalue weighted by Crippen LogP contribution is -2.02. The van der Waals surface area contributed by atoms with Crippen LogP contribution in [0.3, 0.4) is 0 Å². The molecule has 4 heteroatoms. The predicted octanol–water partition coefficient (Wildman–Crippen LogP) is 3.24. The van der Waals surface area contributed by atoms with Gasteiger partial charge in [0.25, 0.3) is 0 Å². The van der Waals surface area contributed by atoms with Crippen molar-refractivity contribution >= 4 is 5.69 Å². The van der Waals surface area contributed by atoms with Crippen molar-refractivity contribution in [2.75, 3.05) is 11.9 Å². The molecule has 100 valence electrons. The Morgan fingerprint density at radius 2 is 2.11 bits per heavy atom. The number of hydrogen-bond acceptors (Lipinski definition) is 4. The second-order valence-corrected chi connectivity index (χ2v) is 5.26. The minimum absolute atomic E-state index is 0.542. The minimum atomic E-state index is 0.542. The first-order valence-electron chi connectivity index (χ1n) is 6.94. The standard InChI is InChI=1S/C15H19N3O/c1-11-10-13(11)15-17-14(19-18-15)8-5-9-16-12-6-3-2-4-7-12/h2-4,6-7,11,13,16H,5,8-10H2,1H3. The molecule has 3 rings (SSSR count). The molecule has 1 N–H and O–H groups in total. The number of aryl methyl sites for hydroxylation is 1. The van der Waals surface area contributed by atoms with E-state index < -0.39 is 0 Å². The third kappa shape index (κ3) is 3.13. The van der Waals surface area contributed by atoms with Crippen LogP contribution in [0.4, 0.5) is 5.69 Å². The van der Waals surface area contributed by atoms with E-state index >= 15 is 0 Å². The van der Waals surface area contributed by atoms with Gasteiger partial charge in [0.15, 0.2) is 5.82 Å². The highest BCUT2D eigenvalue weighted by Gasteiger charge is 2.37. The molecule has 0 amide bonds. The molecule has 0 radical (unpaired) electrons. The maximum atomic E-state index is 5.28. The van der Waals surface area contributed by atoms with Crippen molar-refractivity contribution in [1.29, 1.82) is 0 Å². The molecule has 1 aromatic carbocycles. The van der Waals surface area contributed by atoms with Gasteiger partial charge in [0, 0.05) is 24.6 Å². The zero-order valence-electron chi connectivity index (χ0n) is 11.2. The minimum Gasteiger partial charge on any atom is -0.385 e. The summed E-state index contributed by atoms with van der Waals surface area (Å²) in [7, 11) is 0. The molecule has 1 saturated carbocycles. The fourth-order valence-corrected chi connectivity index (χ4v) is 2.23. The van der Waals surface area contributed by atoms with Crippen molar-refractivity contribution in [3.05, 3.63) is 42.0 Å². The number of nitrogens with zero attached hydrogens (tertiary/aromatic N) is 2. The van der Waals surface area contributed by atoms with Crippen LogP contribution in [-0.2, 0) is 6.42 Å². The van der Waals surface area contributed by atoms with Crippen molar-refractivity contribution in [2.24, 2.45) is 5.92 Å². The van der Waals surface area contributed by atoms with Gasteiger partial charge in [-0.1, -0.05) is 30.3 Å². The fraction of sp³-hybridized carbons (Fsp3) is 0.467. The van der Waals surface area contributed by atoms with Gasteiger partial charge in [-0.05, 0) is 30.9 Å². The number of nitrogens with one attached hydrogen (secondary N) is 1. The van der Waals surface area contributed by atoms with Crippen molar-refractivity contribution < 1.29 is 4.52 Å². The monoisotopic (exact) mass is 257 g/mol. The van der Waals surface area contributed by atoms with E-state index in [4.69, 9.17) is 4.52 Å². The molecule has 1 heterocycles. The maximum absolute atomic E-state index is 5.28. The van der Waals surface area contributed by atoms with Gasteiger partial charge in [-0.3, -0.25) is 0 Å². The zero-order valence-corrected chi connectivity index (χ0v) is 11.2. The van der Waals surface area contributed by atoms with Crippen molar-refractivity contribution in [3.8, 4) is 0 Å². The highest BCUT2D eigenvalue weighted by Crippen LogP contribution is 2.45. The van der Waals surface area contributed by atoms with Gasteiger partial charge in [-0.25, -0.2) is 0 Å². The molecular weight excluding hydrogens is 238 g/mol. The summed E-state index contributed by atoms with van der Waals surface area (Å²) >= 11 is 0. The Bertz CT molecular complexity index is 523. The molecule has 0 spiro atoms. The highest BCUT2D eigenvalue weighted by molar-refractivity contribution is 5.42. The van der Waals surface area contributed by atoms with Gasteiger partial charge in [0.1, 0.15) is 0 Å². The Balaban J connectivity index is 1.41. The Labute approximate surface area is 113 Å². The van der Waals surface area contributed by atoms with Crippen molar-refractivity contribution in [2.45, 2.75) is 32.1 Å². The van der Waals surface area contributed by atoms with Gasteiger partial charge in [0.2, 0.25) is 5.89 Å². The number of para-hydroxylation sites is 1. The summed E-state index contributed by atoms with van der Waals surface area (Å²) in [6.07, 6.45) is 3.04. The van der Waals surface area contributed by atoms with E-state index in [-0.39, 0.29) is 0 Å². The molecule has 1 aliphatic carbocycles. The van der Waals surface area contributed by atoms with E-state index in [0.29, 0.717) is 5.92 Å². The summed E-state index contributed by atoms with van der Waals surface area (Å²) in [5.41, 5.74) is 1.15. The second-order valence-electron chi connectivity index (χ2n) is 5.26. The second kappa shape index (κ2) is 5.43. The Hall–Kier alpha value is -1.84. The lowest BCUT2D eigenvalue weighted by atomic mass is 10.2. The SMILES string of the molecule is CC1CC1c1noc(CCCNc2ccccc2)n1. The van der Waals surface area contributed by atoms with E-state index in [0.717, 1.165) is 42.7 Å². The molecule has 1 aromatic heterocycles. The van der Waals surface area contributed by atoms with E-state index in [1.54, 1.807) is 0 Å². The van der Waals surface area contributed by atoms with Gasteiger partial charge in [-0.2, -0.15) is 4.98 Å². The third-order valence-electron chi connectivity index (χ3n) is 3.60. The van der Waals surface area contributed by atoms with E-state index in [2.05, 4.69) is 34.5 Å². The maximum Gasteiger partial charge on any atom is 0.226 e. The van der Waals surface area contributed by atoms with Crippen LogP contribution in [0.25, 0.3) is 0 Å². The Kier molecular flexibility index (Phi) is 3.49. The predicted molar refractivity (Wildman–Crippen MR) is 74.1 cm³/mol. The molecule has 0 aliphatic heterocycles. The van der Waals surface area contributed by atoms with Crippen LogP contribution in [0.2, 0.25) is 0 Å². The Morgan fingerprint density at radius 1 is 1.32 bits per heavy atom. The molecular formula is C15H19N3O. The van der Waals surface area contributed by atoms with E-state index in [9.17, 15) is 0 Å². The zero-order chi connectivity index (χ0) is 13.1. The molecule has 2 aromatic rings. The summed E-state index contributed by atoms with van der Waals surface area (Å²) in [4.78, 5) is 4.46. The fourth-order valence-electron chi connectivity index (χ4n) is 2.23. The number of benzene rings is 1. The van der Waals surface area contributed by atoms with Gasteiger partial charge in [-0.15, -0.1) is 0 Å². The van der Waals surface area contributed by atoms with Crippen LogP contribution >= 0.6 is 0 Å². The average molecular weight is 257 g/mol. The number of anilines is 1. The third-order valence-corrected chi connectivity index (χ3v) is 3.60. The first kappa shape index (κ1) is 12.2. The van der Waals surface area contributed by atoms with Crippen LogP contribution in [0.1, 0.15) is 37.4 Å². The number of aromatic nitrogens is 2. The normalized spacial score (nSPS) is 21.3. The summed E-state index contributed by atoms with van der Waals surface area (Å²) in [6, 6.07) is 10.2. The lowest BCUT2D eigenvalue weighted by Gasteiger charge is -2.03.